The fraction of sp³-hybridized carbons (Fsp3) is 0.750. The van der Waals surface area contributed by atoms with Crippen molar-refractivity contribution in [2.24, 2.45) is 5.73 Å². The van der Waals surface area contributed by atoms with Crippen LogP contribution in [0.15, 0.2) is 0 Å². The zero-order valence-electron chi connectivity index (χ0n) is 8.30. The summed E-state index contributed by atoms with van der Waals surface area (Å²) in [7, 11) is 0. The van der Waals surface area contributed by atoms with E-state index in [1.165, 1.54) is 4.90 Å². The molecule has 3 N–H and O–H groups in total. The summed E-state index contributed by atoms with van der Waals surface area (Å²) in [6.07, 6.45) is 0. The topological polar surface area (TPSA) is 83.6 Å². The average molecular weight is 220 g/mol. The number of aliphatic carboxylic acids is 1. The maximum atomic E-state index is 11.4. The number of carbonyl (C=O) groups is 2. The van der Waals surface area contributed by atoms with Crippen LogP contribution in [-0.2, 0) is 9.59 Å². The van der Waals surface area contributed by atoms with Gasteiger partial charge >= 0.3 is 5.97 Å². The average Bonchev–Trinajstić information content (AvgIpc) is 2.11. The first-order valence-electron chi connectivity index (χ1n) is 4.30. The van der Waals surface area contributed by atoms with Crippen molar-refractivity contribution < 1.29 is 14.7 Å². The van der Waals surface area contributed by atoms with Crippen LogP contribution in [0.1, 0.15) is 13.8 Å². The van der Waals surface area contributed by atoms with Gasteiger partial charge in [0, 0.05) is 11.8 Å². The SMILES string of the molecule is CC(C)N(C(=O)CN)[C@@H](CS)C(=O)O. The summed E-state index contributed by atoms with van der Waals surface area (Å²) in [5.41, 5.74) is 5.19. The Bertz CT molecular complexity index is 221. The molecule has 0 aromatic carbocycles. The third-order valence-electron chi connectivity index (χ3n) is 1.81. The largest absolute Gasteiger partial charge is 0.480 e. The van der Waals surface area contributed by atoms with Gasteiger partial charge in [0.15, 0.2) is 0 Å². The summed E-state index contributed by atoms with van der Waals surface area (Å²) in [6.45, 7) is 3.30. The van der Waals surface area contributed by atoms with Crippen LogP contribution in [0, 0.1) is 0 Å². The fourth-order valence-electron chi connectivity index (χ4n) is 1.21. The monoisotopic (exact) mass is 220 g/mol. The second-order valence-corrected chi connectivity index (χ2v) is 3.50. The van der Waals surface area contributed by atoms with E-state index in [2.05, 4.69) is 12.6 Å². The van der Waals surface area contributed by atoms with E-state index < -0.39 is 12.0 Å². The van der Waals surface area contributed by atoms with Gasteiger partial charge in [-0.3, -0.25) is 4.79 Å². The highest BCUT2D eigenvalue weighted by Crippen LogP contribution is 2.08. The predicted octanol–water partition coefficient (Wildman–Crippen LogP) is -0.435. The molecule has 0 aliphatic heterocycles. The number of thiol groups is 1. The number of carbonyl (C=O) groups excluding carboxylic acids is 1. The van der Waals surface area contributed by atoms with Crippen molar-refractivity contribution in [1.29, 1.82) is 0 Å². The number of nitrogens with two attached hydrogens (primary N) is 1. The van der Waals surface area contributed by atoms with E-state index in [9.17, 15) is 9.59 Å². The highest BCUT2D eigenvalue weighted by molar-refractivity contribution is 7.80. The van der Waals surface area contributed by atoms with Gasteiger partial charge in [0.2, 0.25) is 5.91 Å². The normalized spacial score (nSPS) is 12.6. The van der Waals surface area contributed by atoms with Gasteiger partial charge in [-0.05, 0) is 13.8 Å². The Hall–Kier alpha value is -0.750. The van der Waals surface area contributed by atoms with Gasteiger partial charge in [-0.2, -0.15) is 12.6 Å². The molecular weight excluding hydrogens is 204 g/mol. The molecule has 1 atom stereocenters. The van der Waals surface area contributed by atoms with Crippen molar-refractivity contribution in [1.82, 2.24) is 4.90 Å². The van der Waals surface area contributed by atoms with Gasteiger partial charge in [0.25, 0.3) is 0 Å². The molecule has 0 spiro atoms. The lowest BCUT2D eigenvalue weighted by molar-refractivity contribution is -0.150. The van der Waals surface area contributed by atoms with Crippen LogP contribution in [0.4, 0.5) is 0 Å². The molecule has 0 fully saturated rings. The van der Waals surface area contributed by atoms with Gasteiger partial charge in [-0.25, -0.2) is 4.79 Å². The van der Waals surface area contributed by atoms with Gasteiger partial charge in [-0.1, -0.05) is 0 Å². The molecule has 0 radical (unpaired) electrons. The molecule has 0 aromatic heterocycles. The molecule has 0 aliphatic carbocycles. The van der Waals surface area contributed by atoms with Crippen LogP contribution in [0.25, 0.3) is 0 Å². The Morgan fingerprint density at radius 2 is 2.00 bits per heavy atom. The van der Waals surface area contributed by atoms with Gasteiger partial charge in [0.05, 0.1) is 6.54 Å². The first kappa shape index (κ1) is 13.2. The van der Waals surface area contributed by atoms with Gasteiger partial charge in [0.1, 0.15) is 6.04 Å². The van der Waals surface area contributed by atoms with E-state index >= 15 is 0 Å². The van der Waals surface area contributed by atoms with Crippen molar-refractivity contribution >= 4 is 24.5 Å². The number of hydrogen-bond acceptors (Lipinski definition) is 4. The smallest absolute Gasteiger partial charge is 0.327 e. The van der Waals surface area contributed by atoms with Crippen molar-refractivity contribution in [3.8, 4) is 0 Å². The lowest BCUT2D eigenvalue weighted by Crippen LogP contribution is -2.51. The third kappa shape index (κ3) is 3.19. The van der Waals surface area contributed by atoms with E-state index in [0.29, 0.717) is 0 Å². The second-order valence-electron chi connectivity index (χ2n) is 3.14. The molecule has 0 saturated carbocycles. The molecule has 0 aliphatic rings. The quantitative estimate of drug-likeness (QED) is 0.549. The van der Waals surface area contributed by atoms with Crippen molar-refractivity contribution in [2.75, 3.05) is 12.3 Å². The van der Waals surface area contributed by atoms with E-state index in [-0.39, 0.29) is 24.2 Å². The molecule has 0 aromatic rings. The summed E-state index contributed by atoms with van der Waals surface area (Å²) in [5, 5.41) is 8.85. The molecule has 0 unspecified atom stereocenters. The fourth-order valence-corrected chi connectivity index (χ4v) is 1.54. The minimum absolute atomic E-state index is 0.0826. The summed E-state index contributed by atoms with van der Waals surface area (Å²) in [6, 6.07) is -1.10. The van der Waals surface area contributed by atoms with Crippen LogP contribution in [0.3, 0.4) is 0 Å². The minimum atomic E-state index is -1.06. The molecular formula is C8H16N2O3S. The summed E-state index contributed by atoms with van der Waals surface area (Å²) < 4.78 is 0. The number of amides is 1. The Labute approximate surface area is 88.7 Å². The van der Waals surface area contributed by atoms with E-state index in [1.807, 2.05) is 0 Å². The Kier molecular flexibility index (Phi) is 5.56. The van der Waals surface area contributed by atoms with Crippen LogP contribution in [0.5, 0.6) is 0 Å². The lowest BCUT2D eigenvalue weighted by Gasteiger charge is -2.31. The first-order chi connectivity index (χ1) is 6.45. The molecule has 0 rings (SSSR count). The molecule has 0 bridgehead atoms. The van der Waals surface area contributed by atoms with Crippen LogP contribution in [0.2, 0.25) is 0 Å². The molecule has 0 heterocycles. The summed E-state index contributed by atoms with van der Waals surface area (Å²) in [4.78, 5) is 23.4. The molecule has 6 heteroatoms. The second kappa shape index (κ2) is 5.87. The Morgan fingerprint density at radius 1 is 1.50 bits per heavy atom. The van der Waals surface area contributed by atoms with Crippen LogP contribution < -0.4 is 5.73 Å². The molecule has 1 amide bonds. The van der Waals surface area contributed by atoms with Crippen molar-refractivity contribution in [3.05, 3.63) is 0 Å². The zero-order valence-corrected chi connectivity index (χ0v) is 9.20. The highest BCUT2D eigenvalue weighted by atomic mass is 32.1. The van der Waals surface area contributed by atoms with Crippen LogP contribution in [-0.4, -0.2) is 46.3 Å². The van der Waals surface area contributed by atoms with E-state index in [4.69, 9.17) is 10.8 Å². The number of nitrogens with zero attached hydrogens (tertiary/aromatic N) is 1. The number of hydrogen-bond donors (Lipinski definition) is 3. The van der Waals surface area contributed by atoms with E-state index in [0.717, 1.165) is 0 Å². The molecule has 5 nitrogen and oxygen atoms in total. The lowest BCUT2D eigenvalue weighted by atomic mass is 10.2. The first-order valence-corrected chi connectivity index (χ1v) is 4.93. The maximum Gasteiger partial charge on any atom is 0.327 e. The van der Waals surface area contributed by atoms with Crippen molar-refractivity contribution in [2.45, 2.75) is 25.9 Å². The number of carboxylic acids is 1. The highest BCUT2D eigenvalue weighted by Gasteiger charge is 2.29. The summed E-state index contributed by atoms with van der Waals surface area (Å²) in [5.74, 6) is -1.35. The number of rotatable bonds is 5. The van der Waals surface area contributed by atoms with Crippen LogP contribution >= 0.6 is 12.6 Å². The van der Waals surface area contributed by atoms with Gasteiger partial charge < -0.3 is 15.7 Å². The Morgan fingerprint density at radius 3 is 2.21 bits per heavy atom. The number of carboxylic acid groups (broad SMARTS) is 1. The third-order valence-corrected chi connectivity index (χ3v) is 2.16. The molecule has 14 heavy (non-hydrogen) atoms. The minimum Gasteiger partial charge on any atom is -0.480 e. The zero-order chi connectivity index (χ0) is 11.3. The maximum absolute atomic E-state index is 11.4. The van der Waals surface area contributed by atoms with Gasteiger partial charge in [-0.15, -0.1) is 0 Å². The standard InChI is InChI=1S/C8H16N2O3S/c1-5(2)10(7(11)3-9)6(4-14)8(12)13/h5-6,14H,3-4,9H2,1-2H3,(H,12,13)/t6-/m0/s1. The van der Waals surface area contributed by atoms with E-state index in [1.54, 1.807) is 13.8 Å². The molecule has 82 valence electrons. The Balaban J connectivity index is 4.78. The molecule has 0 saturated heterocycles. The predicted molar refractivity (Wildman–Crippen MR) is 56.3 cm³/mol. The summed E-state index contributed by atoms with van der Waals surface area (Å²) >= 11 is 3.91. The van der Waals surface area contributed by atoms with Crippen molar-refractivity contribution in [3.63, 3.8) is 0 Å².